The van der Waals surface area contributed by atoms with Gasteiger partial charge in [-0.05, 0) is 37.6 Å². The predicted octanol–water partition coefficient (Wildman–Crippen LogP) is 0.861. The Balaban J connectivity index is 2.69. The van der Waals surface area contributed by atoms with Gasteiger partial charge in [0.2, 0.25) is 0 Å². The van der Waals surface area contributed by atoms with Gasteiger partial charge in [0.25, 0.3) is 5.56 Å². The Morgan fingerprint density at radius 2 is 2.12 bits per heavy atom. The van der Waals surface area contributed by atoms with Crippen LogP contribution in [0.5, 0.6) is 0 Å². The third kappa shape index (κ3) is 1.55. The second kappa shape index (κ2) is 4.14. The number of nitrogens with two attached hydrogens (primary N) is 1. The minimum atomic E-state index is 0.0823. The molecule has 1 aromatic heterocycles. The van der Waals surface area contributed by atoms with E-state index >= 15 is 0 Å². The molecule has 16 heavy (non-hydrogen) atoms. The smallest absolute Gasteiger partial charge is 0.274 e. The van der Waals surface area contributed by atoms with Gasteiger partial charge in [0.05, 0.1) is 10.9 Å². The lowest BCUT2D eigenvalue weighted by Gasteiger charge is -2.03. The summed E-state index contributed by atoms with van der Waals surface area (Å²) in [6.45, 7) is 3.28. The molecule has 4 nitrogen and oxygen atoms in total. The number of benzene rings is 1. The number of rotatable bonds is 3. The summed E-state index contributed by atoms with van der Waals surface area (Å²) in [4.78, 5) is 12.0. The van der Waals surface area contributed by atoms with E-state index in [9.17, 15) is 4.79 Å². The first-order valence-corrected chi connectivity index (χ1v) is 5.57. The van der Waals surface area contributed by atoms with Crippen molar-refractivity contribution in [3.63, 3.8) is 0 Å². The van der Waals surface area contributed by atoms with E-state index in [0.29, 0.717) is 13.1 Å². The van der Waals surface area contributed by atoms with E-state index < -0.39 is 0 Å². The van der Waals surface area contributed by atoms with Crippen molar-refractivity contribution in [3.05, 3.63) is 34.1 Å². The van der Waals surface area contributed by atoms with E-state index in [2.05, 4.69) is 0 Å². The Morgan fingerprint density at radius 3 is 2.75 bits per heavy atom. The summed E-state index contributed by atoms with van der Waals surface area (Å²) in [5.74, 6) is 0. The Hall–Kier alpha value is -1.55. The molecule has 1 aromatic carbocycles. The van der Waals surface area contributed by atoms with E-state index in [4.69, 9.17) is 5.73 Å². The number of nitrogens with zero attached hydrogens (tertiary/aromatic N) is 2. The molecule has 0 saturated heterocycles. The first kappa shape index (κ1) is 11.0. The topological polar surface area (TPSA) is 52.9 Å². The molecule has 4 heteroatoms. The van der Waals surface area contributed by atoms with Crippen LogP contribution < -0.4 is 11.3 Å². The maximum atomic E-state index is 12.0. The van der Waals surface area contributed by atoms with Crippen LogP contribution in [-0.2, 0) is 20.0 Å². The van der Waals surface area contributed by atoms with Crippen LogP contribution in [0.2, 0.25) is 0 Å². The summed E-state index contributed by atoms with van der Waals surface area (Å²) in [5, 5.41) is 0.787. The number of fused-ring (bicyclic) bond motifs is 1. The molecule has 86 valence electrons. The van der Waals surface area contributed by atoms with Gasteiger partial charge < -0.3 is 5.73 Å². The van der Waals surface area contributed by atoms with E-state index in [0.717, 1.165) is 22.9 Å². The molecule has 0 aliphatic rings. The van der Waals surface area contributed by atoms with Gasteiger partial charge >= 0.3 is 0 Å². The maximum Gasteiger partial charge on any atom is 0.274 e. The summed E-state index contributed by atoms with van der Waals surface area (Å²) >= 11 is 0. The molecule has 0 spiro atoms. The summed E-state index contributed by atoms with van der Waals surface area (Å²) in [6, 6.07) is 5.99. The average molecular weight is 219 g/mol. The van der Waals surface area contributed by atoms with E-state index in [-0.39, 0.29) is 5.56 Å². The Morgan fingerprint density at radius 1 is 1.38 bits per heavy atom. The molecule has 0 saturated carbocycles. The zero-order valence-corrected chi connectivity index (χ0v) is 9.73. The van der Waals surface area contributed by atoms with Crippen molar-refractivity contribution < 1.29 is 0 Å². The van der Waals surface area contributed by atoms with E-state index in [1.807, 2.05) is 36.9 Å². The highest BCUT2D eigenvalue weighted by atomic mass is 16.1. The van der Waals surface area contributed by atoms with Crippen molar-refractivity contribution in [2.24, 2.45) is 12.8 Å². The fraction of sp³-hybridized carbons (Fsp3) is 0.417. The van der Waals surface area contributed by atoms with Crippen molar-refractivity contribution in [2.75, 3.05) is 6.54 Å². The van der Waals surface area contributed by atoms with E-state index in [1.54, 1.807) is 4.68 Å². The first-order chi connectivity index (χ1) is 7.69. The molecular formula is C12H17N3O. The maximum absolute atomic E-state index is 12.0. The van der Waals surface area contributed by atoms with Gasteiger partial charge in [0.1, 0.15) is 0 Å². The quantitative estimate of drug-likeness (QED) is 0.832. The second-order valence-electron chi connectivity index (χ2n) is 3.93. The Kier molecular flexibility index (Phi) is 2.83. The van der Waals surface area contributed by atoms with Gasteiger partial charge in [-0.3, -0.25) is 14.2 Å². The van der Waals surface area contributed by atoms with Crippen molar-refractivity contribution in [1.29, 1.82) is 0 Å². The minimum Gasteiger partial charge on any atom is -0.330 e. The van der Waals surface area contributed by atoms with Gasteiger partial charge in [-0.25, -0.2) is 0 Å². The molecule has 0 unspecified atom stereocenters. The number of hydrogen-bond donors (Lipinski definition) is 1. The Labute approximate surface area is 94.3 Å². The standard InChI is InChI=1S/C12H17N3O/c1-3-15-12(16)10-8-9(6-7-13)4-5-11(10)14(15)2/h4-5,8H,3,6-7,13H2,1-2H3. The molecule has 0 aliphatic carbocycles. The number of aromatic nitrogens is 2. The fourth-order valence-corrected chi connectivity index (χ4v) is 2.12. The normalized spacial score (nSPS) is 11.2. The summed E-state index contributed by atoms with van der Waals surface area (Å²) < 4.78 is 3.64. The van der Waals surface area contributed by atoms with Crippen LogP contribution >= 0.6 is 0 Å². The molecule has 0 aliphatic heterocycles. The summed E-state index contributed by atoms with van der Waals surface area (Å²) in [5.41, 5.74) is 7.70. The summed E-state index contributed by atoms with van der Waals surface area (Å²) in [7, 11) is 1.91. The summed E-state index contributed by atoms with van der Waals surface area (Å²) in [6.07, 6.45) is 0.816. The largest absolute Gasteiger partial charge is 0.330 e. The molecule has 1 heterocycles. The van der Waals surface area contributed by atoms with Gasteiger partial charge in [-0.1, -0.05) is 6.07 Å². The molecule has 2 rings (SSSR count). The highest BCUT2D eigenvalue weighted by molar-refractivity contribution is 5.79. The van der Waals surface area contributed by atoms with Crippen LogP contribution in [0.25, 0.3) is 10.9 Å². The molecule has 0 amide bonds. The zero-order valence-electron chi connectivity index (χ0n) is 9.73. The predicted molar refractivity (Wildman–Crippen MR) is 65.6 cm³/mol. The molecule has 0 atom stereocenters. The molecule has 0 fully saturated rings. The second-order valence-corrected chi connectivity index (χ2v) is 3.93. The van der Waals surface area contributed by atoms with Crippen LogP contribution in [-0.4, -0.2) is 15.9 Å². The molecule has 2 aromatic rings. The first-order valence-electron chi connectivity index (χ1n) is 5.57. The SMILES string of the molecule is CCn1c(=O)c2cc(CCN)ccc2n1C. The Bertz CT molecular complexity index is 565. The molecule has 0 bridgehead atoms. The van der Waals surface area contributed by atoms with Gasteiger partial charge in [0.15, 0.2) is 0 Å². The van der Waals surface area contributed by atoms with Crippen molar-refractivity contribution in [3.8, 4) is 0 Å². The number of hydrogen-bond acceptors (Lipinski definition) is 2. The minimum absolute atomic E-state index is 0.0823. The van der Waals surface area contributed by atoms with Crippen LogP contribution in [0.3, 0.4) is 0 Å². The third-order valence-corrected chi connectivity index (χ3v) is 2.97. The van der Waals surface area contributed by atoms with Crippen LogP contribution in [0.15, 0.2) is 23.0 Å². The van der Waals surface area contributed by atoms with Crippen LogP contribution in [0.4, 0.5) is 0 Å². The van der Waals surface area contributed by atoms with Crippen LogP contribution in [0.1, 0.15) is 12.5 Å². The zero-order chi connectivity index (χ0) is 11.7. The molecule has 0 radical (unpaired) electrons. The monoisotopic (exact) mass is 219 g/mol. The van der Waals surface area contributed by atoms with Crippen molar-refractivity contribution in [1.82, 2.24) is 9.36 Å². The lowest BCUT2D eigenvalue weighted by atomic mass is 10.1. The average Bonchev–Trinajstić information content (AvgIpc) is 2.52. The van der Waals surface area contributed by atoms with Gasteiger partial charge in [-0.2, -0.15) is 0 Å². The van der Waals surface area contributed by atoms with Crippen molar-refractivity contribution >= 4 is 10.9 Å². The molecule has 2 N–H and O–H groups in total. The lowest BCUT2D eigenvalue weighted by molar-refractivity contribution is 0.532. The van der Waals surface area contributed by atoms with Crippen molar-refractivity contribution in [2.45, 2.75) is 19.9 Å². The van der Waals surface area contributed by atoms with Gasteiger partial charge in [0, 0.05) is 13.6 Å². The highest BCUT2D eigenvalue weighted by Gasteiger charge is 2.09. The third-order valence-electron chi connectivity index (χ3n) is 2.97. The highest BCUT2D eigenvalue weighted by Crippen LogP contribution is 2.13. The van der Waals surface area contributed by atoms with E-state index in [1.165, 1.54) is 0 Å². The fourth-order valence-electron chi connectivity index (χ4n) is 2.12. The molecular weight excluding hydrogens is 202 g/mol. The van der Waals surface area contributed by atoms with Crippen LogP contribution in [0, 0.1) is 0 Å². The number of aryl methyl sites for hydroxylation is 1. The van der Waals surface area contributed by atoms with Gasteiger partial charge in [-0.15, -0.1) is 0 Å². The lowest BCUT2D eigenvalue weighted by Crippen LogP contribution is -2.19.